The third-order valence-electron chi connectivity index (χ3n) is 10.1. The molecular weight excluding hydrogens is 598 g/mol. The lowest BCUT2D eigenvalue weighted by molar-refractivity contribution is -0.142. The van der Waals surface area contributed by atoms with E-state index in [9.17, 15) is 14.4 Å². The lowest BCUT2D eigenvalue weighted by Gasteiger charge is -2.33. The van der Waals surface area contributed by atoms with Gasteiger partial charge in [-0.3, -0.25) is 19.1 Å². The number of ether oxygens (including phenoxy) is 1. The summed E-state index contributed by atoms with van der Waals surface area (Å²) < 4.78 is 9.54. The van der Waals surface area contributed by atoms with E-state index >= 15 is 0 Å². The Labute approximate surface area is 277 Å². The fourth-order valence-electron chi connectivity index (χ4n) is 6.97. The van der Waals surface area contributed by atoms with Crippen LogP contribution in [0, 0.1) is 11.8 Å². The first kappa shape index (κ1) is 32.8. The third kappa shape index (κ3) is 7.23. The van der Waals surface area contributed by atoms with Crippen molar-refractivity contribution in [1.29, 1.82) is 0 Å². The van der Waals surface area contributed by atoms with Gasteiger partial charge in [0.05, 0.1) is 12.6 Å². The number of carbonyl (C=O) groups excluding carboxylic acids is 3. The van der Waals surface area contributed by atoms with Crippen molar-refractivity contribution in [1.82, 2.24) is 25.2 Å². The topological polar surface area (TPSA) is 113 Å². The van der Waals surface area contributed by atoms with Gasteiger partial charge in [-0.25, -0.2) is 4.98 Å². The molecule has 1 aromatic carbocycles. The van der Waals surface area contributed by atoms with Crippen LogP contribution in [0.1, 0.15) is 84.1 Å². The van der Waals surface area contributed by atoms with E-state index in [1.54, 1.807) is 17.2 Å². The van der Waals surface area contributed by atoms with Crippen LogP contribution < -0.4 is 20.1 Å². The second kappa shape index (κ2) is 13.9. The van der Waals surface area contributed by atoms with Crippen molar-refractivity contribution < 1.29 is 19.1 Å². The van der Waals surface area contributed by atoms with Gasteiger partial charge in [-0.05, 0) is 86.4 Å². The third-order valence-corrected chi connectivity index (χ3v) is 11.2. The number of hydrogen-bond donors (Lipinski definition) is 3. The maximum Gasteiger partial charge on any atom is 0.256 e. The Kier molecular flexibility index (Phi) is 9.94. The Hall–Kier alpha value is -3.11. The van der Waals surface area contributed by atoms with Gasteiger partial charge >= 0.3 is 0 Å². The standard InChI is InChI=1S/C36H49N5O4S/c1-5-26-20-36(26,35(44)40-46-28-14-15-28)39-32(42)30-19-27-21-41(30)34(43)31(22(2)3)38-23(4)10-8-6-7-9-11-24-12-13-25-16-17-37-33(45-27)29(25)18-24/h5,12-13,16-18,22-23,26-28,30-31,38H,1,6-11,14-15,19-21H2,2-4H3,(H,39,42)(H,40,44)/t23?,26-,27-,30+,31+,36-/m1/s1. The summed E-state index contributed by atoms with van der Waals surface area (Å²) in [6.45, 7) is 10.4. The van der Waals surface area contributed by atoms with Crippen molar-refractivity contribution in [2.24, 2.45) is 11.8 Å². The van der Waals surface area contributed by atoms with Gasteiger partial charge in [0.25, 0.3) is 5.91 Å². The molecule has 3 amide bonds. The number of pyridine rings is 1. The van der Waals surface area contributed by atoms with E-state index in [2.05, 4.69) is 52.0 Å². The first-order valence-corrected chi connectivity index (χ1v) is 18.1. The summed E-state index contributed by atoms with van der Waals surface area (Å²) in [7, 11) is 0. The highest BCUT2D eigenvalue weighted by Gasteiger charge is 2.61. The van der Waals surface area contributed by atoms with Crippen LogP contribution in [0.3, 0.4) is 0 Å². The summed E-state index contributed by atoms with van der Waals surface area (Å²) in [4.78, 5) is 48.2. The number of amides is 3. The summed E-state index contributed by atoms with van der Waals surface area (Å²) in [6.07, 6.45) is 12.5. The highest BCUT2D eigenvalue weighted by atomic mass is 32.2. The first-order valence-electron chi connectivity index (χ1n) is 17.2. The number of nitrogens with one attached hydrogen (secondary N) is 3. The average molecular weight is 648 g/mol. The molecule has 248 valence electrons. The highest BCUT2D eigenvalue weighted by molar-refractivity contribution is 7.98. The Morgan fingerprint density at radius 2 is 1.98 bits per heavy atom. The van der Waals surface area contributed by atoms with Crippen LogP contribution >= 0.6 is 11.9 Å². The smallest absolute Gasteiger partial charge is 0.256 e. The van der Waals surface area contributed by atoms with Gasteiger partial charge in [-0.1, -0.05) is 51.3 Å². The van der Waals surface area contributed by atoms with Gasteiger partial charge in [0.15, 0.2) is 0 Å². The normalized spacial score (nSPS) is 30.4. The molecule has 1 saturated heterocycles. The lowest BCUT2D eigenvalue weighted by atomic mass is 9.99. The molecule has 2 aromatic rings. The molecule has 0 radical (unpaired) electrons. The van der Waals surface area contributed by atoms with E-state index in [-0.39, 0.29) is 42.1 Å². The van der Waals surface area contributed by atoms with Gasteiger partial charge in [0.2, 0.25) is 17.7 Å². The van der Waals surface area contributed by atoms with Gasteiger partial charge < -0.3 is 20.3 Å². The number of nitrogens with zero attached hydrogens (tertiary/aromatic N) is 2. The lowest BCUT2D eigenvalue weighted by Crippen LogP contribution is -2.58. The minimum Gasteiger partial charge on any atom is -0.472 e. The fraction of sp³-hybridized carbons (Fsp3) is 0.611. The molecular formula is C36H49N5O4S. The highest BCUT2D eigenvalue weighted by Crippen LogP contribution is 2.46. The van der Waals surface area contributed by atoms with E-state index in [4.69, 9.17) is 4.74 Å². The second-order valence-electron chi connectivity index (χ2n) is 14.2. The number of carbonyl (C=O) groups is 3. The van der Waals surface area contributed by atoms with E-state index < -0.39 is 23.7 Å². The summed E-state index contributed by atoms with van der Waals surface area (Å²) in [6, 6.07) is 7.39. The monoisotopic (exact) mass is 647 g/mol. The Morgan fingerprint density at radius 3 is 2.72 bits per heavy atom. The summed E-state index contributed by atoms with van der Waals surface area (Å²) >= 11 is 1.44. The van der Waals surface area contributed by atoms with E-state index in [0.717, 1.165) is 62.1 Å². The van der Waals surface area contributed by atoms with Crippen LogP contribution in [0.4, 0.5) is 0 Å². The average Bonchev–Trinajstić information content (AvgIpc) is 3.96. The van der Waals surface area contributed by atoms with Gasteiger partial charge in [-0.2, -0.15) is 0 Å². The number of fused-ring (bicyclic) bond motifs is 3. The zero-order chi connectivity index (χ0) is 32.4. The number of rotatable bonds is 7. The molecule has 4 bridgehead atoms. The van der Waals surface area contributed by atoms with Gasteiger partial charge in [0.1, 0.15) is 17.7 Å². The summed E-state index contributed by atoms with van der Waals surface area (Å²) in [5.41, 5.74) is 0.213. The molecule has 0 spiro atoms. The SMILES string of the molecule is C=C[C@@H]1C[C@]1(NC(=O)[C@@H]1C[C@@H]2CN1C(=O)[C@H](C(C)C)NC(C)CCCCCCc1ccc3ccnc(c3c1)O2)C(=O)NSC1CC1. The Morgan fingerprint density at radius 1 is 1.17 bits per heavy atom. The number of benzene rings is 1. The van der Waals surface area contributed by atoms with E-state index in [1.807, 2.05) is 19.9 Å². The predicted octanol–water partition coefficient (Wildman–Crippen LogP) is 5.08. The molecule has 1 unspecified atom stereocenters. The molecule has 4 aliphatic rings. The Balaban J connectivity index is 1.29. The molecule has 1 aromatic heterocycles. The molecule has 3 N–H and O–H groups in total. The second-order valence-corrected chi connectivity index (χ2v) is 15.3. The minimum atomic E-state index is -1.04. The molecule has 6 rings (SSSR count). The van der Waals surface area contributed by atoms with Crippen molar-refractivity contribution in [3.8, 4) is 5.88 Å². The molecule has 2 aliphatic heterocycles. The van der Waals surface area contributed by atoms with Crippen LogP contribution in [-0.2, 0) is 20.8 Å². The van der Waals surface area contributed by atoms with E-state index in [0.29, 0.717) is 24.0 Å². The Bertz CT molecular complexity index is 1460. The molecule has 9 nitrogen and oxygen atoms in total. The van der Waals surface area contributed by atoms with Crippen LogP contribution in [0.25, 0.3) is 10.8 Å². The van der Waals surface area contributed by atoms with Crippen molar-refractivity contribution in [3.05, 3.63) is 48.7 Å². The summed E-state index contributed by atoms with van der Waals surface area (Å²) in [5, 5.41) is 9.13. The molecule has 3 heterocycles. The van der Waals surface area contributed by atoms with Crippen LogP contribution in [0.5, 0.6) is 5.88 Å². The van der Waals surface area contributed by atoms with Crippen molar-refractivity contribution in [2.45, 2.75) is 120 Å². The van der Waals surface area contributed by atoms with Crippen LogP contribution in [0.15, 0.2) is 43.1 Å². The van der Waals surface area contributed by atoms with Crippen molar-refractivity contribution >= 4 is 40.4 Å². The van der Waals surface area contributed by atoms with Crippen LogP contribution in [0.2, 0.25) is 0 Å². The maximum atomic E-state index is 14.4. The molecule has 46 heavy (non-hydrogen) atoms. The molecule has 3 fully saturated rings. The van der Waals surface area contributed by atoms with Crippen molar-refractivity contribution in [3.63, 3.8) is 0 Å². The van der Waals surface area contributed by atoms with Gasteiger partial charge in [-0.15, -0.1) is 6.58 Å². The number of aryl methyl sites for hydroxylation is 1. The zero-order valence-corrected chi connectivity index (χ0v) is 28.2. The number of hydrogen-bond acceptors (Lipinski definition) is 7. The largest absolute Gasteiger partial charge is 0.472 e. The molecule has 2 aliphatic carbocycles. The minimum absolute atomic E-state index is 0.0209. The molecule has 10 heteroatoms. The predicted molar refractivity (Wildman–Crippen MR) is 182 cm³/mol. The number of aromatic nitrogens is 1. The quantitative estimate of drug-likeness (QED) is 0.284. The van der Waals surface area contributed by atoms with Crippen molar-refractivity contribution in [2.75, 3.05) is 6.54 Å². The molecule has 2 saturated carbocycles. The summed E-state index contributed by atoms with van der Waals surface area (Å²) in [5.74, 6) is -0.252. The maximum absolute atomic E-state index is 14.4. The van der Waals surface area contributed by atoms with Crippen LogP contribution in [-0.4, -0.2) is 69.2 Å². The van der Waals surface area contributed by atoms with Gasteiger partial charge in [0, 0.05) is 35.2 Å². The zero-order valence-electron chi connectivity index (χ0n) is 27.4. The fourth-order valence-corrected chi connectivity index (χ4v) is 7.80. The molecule has 6 atom stereocenters. The first-order chi connectivity index (χ1) is 22.2. The van der Waals surface area contributed by atoms with E-state index in [1.165, 1.54) is 17.5 Å².